The molecule has 0 radical (unpaired) electrons. The van der Waals surface area contributed by atoms with Crippen molar-refractivity contribution in [1.29, 1.82) is 5.41 Å². The summed E-state index contributed by atoms with van der Waals surface area (Å²) in [5.41, 5.74) is 13.6. The standard InChI is InChI=1S/C16H16N4O/c1-2-5-11-8-13(9-17)15(19)20(16(11)21)10-12-6-3-4-7-14(12)18/h3-4,6-9,19H,10,17-18H2,1H3/b13-9-,19-15?. The molecule has 1 aliphatic heterocycles. The second-order valence-corrected chi connectivity index (χ2v) is 4.49. The minimum absolute atomic E-state index is 0.0485. The summed E-state index contributed by atoms with van der Waals surface area (Å²) in [5.74, 6) is 5.17. The van der Waals surface area contributed by atoms with Crippen LogP contribution in [0.3, 0.4) is 0 Å². The van der Waals surface area contributed by atoms with E-state index in [-0.39, 0.29) is 18.3 Å². The first-order valence-electron chi connectivity index (χ1n) is 6.39. The third-order valence-corrected chi connectivity index (χ3v) is 3.14. The molecule has 1 aromatic carbocycles. The fraction of sp³-hybridized carbons (Fsp3) is 0.125. The lowest BCUT2D eigenvalue weighted by atomic mass is 10.0. The van der Waals surface area contributed by atoms with Crippen molar-refractivity contribution in [3.05, 3.63) is 53.3 Å². The lowest BCUT2D eigenvalue weighted by molar-refractivity contribution is -0.123. The van der Waals surface area contributed by atoms with Crippen molar-refractivity contribution in [3.63, 3.8) is 0 Å². The van der Waals surface area contributed by atoms with Gasteiger partial charge >= 0.3 is 0 Å². The third-order valence-electron chi connectivity index (χ3n) is 3.14. The minimum Gasteiger partial charge on any atom is -0.404 e. The van der Waals surface area contributed by atoms with Crippen LogP contribution in [0.15, 0.2) is 47.7 Å². The molecule has 5 heteroatoms. The number of hydrogen-bond acceptors (Lipinski definition) is 4. The zero-order valence-electron chi connectivity index (χ0n) is 11.7. The van der Waals surface area contributed by atoms with Crippen LogP contribution in [0.25, 0.3) is 0 Å². The Labute approximate surface area is 123 Å². The van der Waals surface area contributed by atoms with Crippen LogP contribution in [0, 0.1) is 17.3 Å². The highest BCUT2D eigenvalue weighted by Gasteiger charge is 2.28. The molecule has 5 N–H and O–H groups in total. The number of amides is 1. The van der Waals surface area contributed by atoms with Gasteiger partial charge in [-0.2, -0.15) is 0 Å². The van der Waals surface area contributed by atoms with E-state index in [0.717, 1.165) is 5.56 Å². The van der Waals surface area contributed by atoms with E-state index in [1.165, 1.54) is 17.2 Å². The first-order chi connectivity index (χ1) is 10.1. The number of amidine groups is 1. The third kappa shape index (κ3) is 2.79. The molecule has 0 unspecified atom stereocenters. The molecule has 0 bridgehead atoms. The number of nitrogens with zero attached hydrogens (tertiary/aromatic N) is 1. The Morgan fingerprint density at radius 2 is 2.10 bits per heavy atom. The van der Waals surface area contributed by atoms with Gasteiger partial charge in [0.2, 0.25) is 0 Å². The van der Waals surface area contributed by atoms with Gasteiger partial charge in [-0.05, 0) is 24.6 Å². The average molecular weight is 280 g/mol. The lowest BCUT2D eigenvalue weighted by Crippen LogP contribution is -2.40. The van der Waals surface area contributed by atoms with Crippen molar-refractivity contribution in [2.24, 2.45) is 5.73 Å². The molecule has 0 aromatic heterocycles. The van der Waals surface area contributed by atoms with Crippen molar-refractivity contribution < 1.29 is 4.79 Å². The van der Waals surface area contributed by atoms with Crippen molar-refractivity contribution in [2.45, 2.75) is 13.5 Å². The number of carbonyl (C=O) groups excluding carboxylic acids is 1. The molecule has 106 valence electrons. The largest absolute Gasteiger partial charge is 0.404 e. The normalized spacial score (nSPS) is 16.5. The number of nitrogens with one attached hydrogen (secondary N) is 1. The Morgan fingerprint density at radius 3 is 2.71 bits per heavy atom. The maximum absolute atomic E-state index is 12.4. The monoisotopic (exact) mass is 280 g/mol. The van der Waals surface area contributed by atoms with Gasteiger partial charge in [0.15, 0.2) is 0 Å². The average Bonchev–Trinajstić information content (AvgIpc) is 2.48. The van der Waals surface area contributed by atoms with Gasteiger partial charge in [-0.15, -0.1) is 5.92 Å². The maximum Gasteiger partial charge on any atom is 0.268 e. The summed E-state index contributed by atoms with van der Waals surface area (Å²) in [5, 5.41) is 8.10. The number of anilines is 1. The molecule has 0 fully saturated rings. The summed E-state index contributed by atoms with van der Waals surface area (Å²) in [6, 6.07) is 7.24. The summed E-state index contributed by atoms with van der Waals surface area (Å²) < 4.78 is 0. The molecule has 1 heterocycles. The Balaban J connectivity index is 2.41. The van der Waals surface area contributed by atoms with Gasteiger partial charge in [0.1, 0.15) is 5.84 Å². The molecule has 0 atom stereocenters. The highest BCUT2D eigenvalue weighted by atomic mass is 16.2. The molecular formula is C16H16N4O. The van der Waals surface area contributed by atoms with Crippen molar-refractivity contribution in [1.82, 2.24) is 4.90 Å². The second kappa shape index (κ2) is 5.97. The predicted molar refractivity (Wildman–Crippen MR) is 82.9 cm³/mol. The van der Waals surface area contributed by atoms with E-state index in [1.54, 1.807) is 13.0 Å². The molecule has 1 amide bonds. The van der Waals surface area contributed by atoms with E-state index in [2.05, 4.69) is 11.8 Å². The molecule has 0 spiro atoms. The summed E-state index contributed by atoms with van der Waals surface area (Å²) >= 11 is 0. The smallest absolute Gasteiger partial charge is 0.268 e. The zero-order chi connectivity index (χ0) is 15.4. The highest BCUT2D eigenvalue weighted by molar-refractivity contribution is 6.17. The van der Waals surface area contributed by atoms with Gasteiger partial charge in [0.25, 0.3) is 5.91 Å². The van der Waals surface area contributed by atoms with Crippen molar-refractivity contribution >= 4 is 17.4 Å². The van der Waals surface area contributed by atoms with Crippen LogP contribution >= 0.6 is 0 Å². The summed E-state index contributed by atoms with van der Waals surface area (Å²) in [6.45, 7) is 1.86. The minimum atomic E-state index is -0.316. The fourth-order valence-corrected chi connectivity index (χ4v) is 2.04. The Morgan fingerprint density at radius 1 is 1.38 bits per heavy atom. The number of hydrogen-bond donors (Lipinski definition) is 3. The molecule has 1 aromatic rings. The van der Waals surface area contributed by atoms with Gasteiger partial charge < -0.3 is 11.5 Å². The molecule has 0 saturated heterocycles. The van der Waals surface area contributed by atoms with Crippen LogP contribution in [-0.4, -0.2) is 16.6 Å². The first-order valence-corrected chi connectivity index (χ1v) is 6.39. The Hall–Kier alpha value is -3.00. The number of carbonyl (C=O) groups is 1. The molecule has 5 nitrogen and oxygen atoms in total. The van der Waals surface area contributed by atoms with Crippen molar-refractivity contribution in [3.8, 4) is 11.8 Å². The highest BCUT2D eigenvalue weighted by Crippen LogP contribution is 2.21. The fourth-order valence-electron chi connectivity index (χ4n) is 2.04. The number of rotatable bonds is 2. The molecule has 1 aliphatic rings. The molecule has 2 rings (SSSR count). The predicted octanol–water partition coefficient (Wildman–Crippen LogP) is 1.38. The maximum atomic E-state index is 12.4. The molecule has 0 aliphatic carbocycles. The van der Waals surface area contributed by atoms with Crippen LogP contribution in [0.4, 0.5) is 5.69 Å². The SMILES string of the molecule is CC#CC1=C/C(=C/N)C(=N)N(Cc2ccccc2N)C1=O. The van der Waals surface area contributed by atoms with E-state index in [1.807, 2.05) is 18.2 Å². The number of nitrogens with two attached hydrogens (primary N) is 2. The molecule has 0 saturated carbocycles. The lowest BCUT2D eigenvalue weighted by Gasteiger charge is -2.28. The summed E-state index contributed by atoms with van der Waals surface area (Å²) in [4.78, 5) is 13.7. The Bertz CT molecular complexity index is 719. The number of nitrogen functional groups attached to an aromatic ring is 1. The molecule has 21 heavy (non-hydrogen) atoms. The van der Waals surface area contributed by atoms with Gasteiger partial charge in [-0.3, -0.25) is 15.1 Å². The van der Waals surface area contributed by atoms with E-state index in [9.17, 15) is 4.79 Å². The van der Waals surface area contributed by atoms with Crippen molar-refractivity contribution in [2.75, 3.05) is 5.73 Å². The first kappa shape index (κ1) is 14.4. The quantitative estimate of drug-likeness (QED) is 0.564. The number of benzene rings is 1. The van der Waals surface area contributed by atoms with E-state index < -0.39 is 0 Å². The van der Waals surface area contributed by atoms with Gasteiger partial charge in [-0.1, -0.05) is 24.1 Å². The van der Waals surface area contributed by atoms with Crippen LogP contribution in [0.5, 0.6) is 0 Å². The summed E-state index contributed by atoms with van der Waals surface area (Å²) in [7, 11) is 0. The topological polar surface area (TPSA) is 96.2 Å². The zero-order valence-corrected chi connectivity index (χ0v) is 11.7. The van der Waals surface area contributed by atoms with E-state index >= 15 is 0 Å². The van der Waals surface area contributed by atoms with Gasteiger partial charge in [0, 0.05) is 17.5 Å². The van der Waals surface area contributed by atoms with Crippen LogP contribution < -0.4 is 11.5 Å². The van der Waals surface area contributed by atoms with Gasteiger partial charge in [0.05, 0.1) is 12.1 Å². The number of para-hydroxylation sites is 1. The Kier molecular flexibility index (Phi) is 4.10. The van der Waals surface area contributed by atoms with Crippen LogP contribution in [-0.2, 0) is 11.3 Å². The van der Waals surface area contributed by atoms with Crippen LogP contribution in [0.1, 0.15) is 12.5 Å². The second-order valence-electron chi connectivity index (χ2n) is 4.49. The van der Waals surface area contributed by atoms with E-state index in [0.29, 0.717) is 16.8 Å². The van der Waals surface area contributed by atoms with Gasteiger partial charge in [-0.25, -0.2) is 0 Å². The summed E-state index contributed by atoms with van der Waals surface area (Å²) in [6.07, 6.45) is 2.83. The van der Waals surface area contributed by atoms with Crippen LogP contribution in [0.2, 0.25) is 0 Å². The molecular weight excluding hydrogens is 264 g/mol. The van der Waals surface area contributed by atoms with E-state index in [4.69, 9.17) is 16.9 Å².